The number of nitriles is 1. The van der Waals surface area contributed by atoms with Crippen molar-refractivity contribution in [1.29, 1.82) is 5.26 Å². The van der Waals surface area contributed by atoms with Gasteiger partial charge in [0.1, 0.15) is 6.04 Å². The Balaban J connectivity index is 4.76. The molecule has 0 saturated heterocycles. The Bertz CT molecular complexity index is 382. The second kappa shape index (κ2) is 5.48. The molecule has 15 heavy (non-hydrogen) atoms. The molecule has 0 aromatic rings. The van der Waals surface area contributed by atoms with Crippen LogP contribution in [-0.4, -0.2) is 30.8 Å². The van der Waals surface area contributed by atoms with Gasteiger partial charge < -0.3 is 5.11 Å². The number of nitrogens with zero attached hydrogens (tertiary/aromatic N) is 1. The third-order valence-electron chi connectivity index (χ3n) is 1.65. The predicted molar refractivity (Wildman–Crippen MR) is 53.4 cm³/mol. The number of nitrogens with one attached hydrogen (secondary N) is 1. The number of carboxylic acids is 1. The minimum absolute atomic E-state index is 0.0350. The van der Waals surface area contributed by atoms with Crippen molar-refractivity contribution in [2.45, 2.75) is 24.6 Å². The van der Waals surface area contributed by atoms with Gasteiger partial charge in [0.25, 0.3) is 0 Å². The molecule has 2 unspecified atom stereocenters. The van der Waals surface area contributed by atoms with Crippen LogP contribution in [0.5, 0.6) is 0 Å². The number of hydrogen-bond acceptors (Lipinski definition) is 4. The van der Waals surface area contributed by atoms with Crippen LogP contribution in [0, 0.1) is 11.3 Å². The molecule has 0 amide bonds. The first-order valence-electron chi connectivity index (χ1n) is 4.09. The lowest BCUT2D eigenvalue weighted by atomic mass is 10.2. The summed E-state index contributed by atoms with van der Waals surface area (Å²) in [7, 11) is -3.92. The molecule has 0 aliphatic heterocycles. The number of hydrogen-bond donors (Lipinski definition) is 2. The molecule has 0 saturated carbocycles. The van der Waals surface area contributed by atoms with Crippen LogP contribution in [0.2, 0.25) is 0 Å². The lowest BCUT2D eigenvalue weighted by molar-refractivity contribution is -0.138. The van der Waals surface area contributed by atoms with Crippen molar-refractivity contribution >= 4 is 16.0 Å². The van der Waals surface area contributed by atoms with Gasteiger partial charge in [-0.15, -0.1) is 6.58 Å². The summed E-state index contributed by atoms with van der Waals surface area (Å²) < 4.78 is 24.6. The third kappa shape index (κ3) is 4.10. The Morgan fingerprint density at radius 1 is 1.73 bits per heavy atom. The van der Waals surface area contributed by atoms with E-state index in [2.05, 4.69) is 6.58 Å². The molecule has 0 bridgehead atoms. The minimum Gasteiger partial charge on any atom is -0.480 e. The third-order valence-corrected chi connectivity index (χ3v) is 3.30. The summed E-state index contributed by atoms with van der Waals surface area (Å²) in [6, 6.07) is 0.248. The molecule has 0 rings (SSSR count). The minimum atomic E-state index is -3.92. The van der Waals surface area contributed by atoms with E-state index in [0.29, 0.717) is 0 Å². The maximum Gasteiger partial charge on any atom is 0.322 e. The molecule has 2 atom stereocenters. The highest BCUT2D eigenvalue weighted by atomic mass is 32.2. The molecule has 0 aromatic carbocycles. The van der Waals surface area contributed by atoms with Gasteiger partial charge in [0.05, 0.1) is 6.07 Å². The molecule has 0 aliphatic rings. The number of sulfonamides is 1. The number of carbonyl (C=O) groups is 1. The van der Waals surface area contributed by atoms with E-state index in [4.69, 9.17) is 10.4 Å². The summed E-state index contributed by atoms with van der Waals surface area (Å²) in [5.41, 5.74) is 0. The van der Waals surface area contributed by atoms with E-state index in [1.165, 1.54) is 19.1 Å². The van der Waals surface area contributed by atoms with E-state index in [-0.39, 0.29) is 6.42 Å². The fourth-order valence-electron chi connectivity index (χ4n) is 0.736. The van der Waals surface area contributed by atoms with Gasteiger partial charge in [-0.25, -0.2) is 8.42 Å². The van der Waals surface area contributed by atoms with Crippen LogP contribution in [0.3, 0.4) is 0 Å². The second-order valence-corrected chi connectivity index (χ2v) is 4.88. The summed E-state index contributed by atoms with van der Waals surface area (Å²) in [4.78, 5) is 10.6. The zero-order valence-electron chi connectivity index (χ0n) is 8.17. The first-order chi connectivity index (χ1) is 6.85. The van der Waals surface area contributed by atoms with Crippen LogP contribution >= 0.6 is 0 Å². The fraction of sp³-hybridized carbons (Fsp3) is 0.500. The Morgan fingerprint density at radius 3 is 2.60 bits per heavy atom. The molecule has 0 spiro atoms. The fourth-order valence-corrected chi connectivity index (χ4v) is 1.67. The zero-order valence-corrected chi connectivity index (χ0v) is 8.99. The molecule has 2 N–H and O–H groups in total. The highest BCUT2D eigenvalue weighted by Gasteiger charge is 2.27. The van der Waals surface area contributed by atoms with Crippen molar-refractivity contribution in [3.8, 4) is 6.07 Å². The molecule has 0 heterocycles. The SMILES string of the molecule is C=CCC(NS(=O)(=O)C(C)C#N)C(=O)O. The van der Waals surface area contributed by atoms with Gasteiger partial charge in [-0.2, -0.15) is 9.98 Å². The number of carboxylic acid groups (broad SMARTS) is 1. The van der Waals surface area contributed by atoms with E-state index in [1.54, 1.807) is 0 Å². The van der Waals surface area contributed by atoms with Crippen molar-refractivity contribution < 1.29 is 18.3 Å². The lowest BCUT2D eigenvalue weighted by Gasteiger charge is -2.13. The predicted octanol–water partition coefficient (Wildman–Crippen LogP) is -0.153. The number of rotatable bonds is 6. The summed E-state index contributed by atoms with van der Waals surface area (Å²) in [6.07, 6.45) is 1.26. The largest absolute Gasteiger partial charge is 0.480 e. The van der Waals surface area contributed by atoms with Crippen LogP contribution in [0.1, 0.15) is 13.3 Å². The van der Waals surface area contributed by atoms with Crippen molar-refractivity contribution in [3.63, 3.8) is 0 Å². The van der Waals surface area contributed by atoms with Crippen molar-refractivity contribution in [1.82, 2.24) is 4.72 Å². The molecule has 84 valence electrons. The van der Waals surface area contributed by atoms with Gasteiger partial charge in [-0.3, -0.25) is 4.79 Å². The average Bonchev–Trinajstić information content (AvgIpc) is 2.15. The molecular weight excluding hydrogens is 220 g/mol. The van der Waals surface area contributed by atoms with Gasteiger partial charge in [0.2, 0.25) is 10.0 Å². The first kappa shape index (κ1) is 13.6. The van der Waals surface area contributed by atoms with E-state index in [0.717, 1.165) is 0 Å². The highest BCUT2D eigenvalue weighted by molar-refractivity contribution is 7.90. The molecule has 7 heteroatoms. The monoisotopic (exact) mass is 232 g/mol. The average molecular weight is 232 g/mol. The Morgan fingerprint density at radius 2 is 2.27 bits per heavy atom. The first-order valence-corrected chi connectivity index (χ1v) is 5.64. The van der Waals surface area contributed by atoms with Crippen LogP contribution in [0.15, 0.2) is 12.7 Å². The van der Waals surface area contributed by atoms with E-state index >= 15 is 0 Å². The Labute approximate surface area is 88.3 Å². The standard InChI is InChI=1S/C8H12N2O4S/c1-3-4-7(8(11)12)10-15(13,14)6(2)5-9/h3,6-7,10H,1,4H2,2H3,(H,11,12). The van der Waals surface area contributed by atoms with Gasteiger partial charge in [-0.1, -0.05) is 6.08 Å². The van der Waals surface area contributed by atoms with Crippen LogP contribution in [0.25, 0.3) is 0 Å². The van der Waals surface area contributed by atoms with Gasteiger partial charge in [-0.05, 0) is 13.3 Å². The summed E-state index contributed by atoms with van der Waals surface area (Å²) in [5, 5.41) is 15.8. The van der Waals surface area contributed by atoms with Gasteiger partial charge in [0.15, 0.2) is 5.25 Å². The maximum atomic E-state index is 11.3. The van der Waals surface area contributed by atoms with Crippen molar-refractivity contribution in [3.05, 3.63) is 12.7 Å². The van der Waals surface area contributed by atoms with E-state index in [9.17, 15) is 13.2 Å². The highest BCUT2D eigenvalue weighted by Crippen LogP contribution is 2.01. The summed E-state index contributed by atoms with van der Waals surface area (Å²) in [5.74, 6) is -1.30. The van der Waals surface area contributed by atoms with E-state index < -0.39 is 27.3 Å². The molecule has 0 aliphatic carbocycles. The Hall–Kier alpha value is -1.39. The molecule has 0 radical (unpaired) electrons. The van der Waals surface area contributed by atoms with Crippen LogP contribution in [-0.2, 0) is 14.8 Å². The smallest absolute Gasteiger partial charge is 0.322 e. The zero-order chi connectivity index (χ0) is 12.1. The molecule has 0 fully saturated rings. The molecule has 0 aromatic heterocycles. The lowest BCUT2D eigenvalue weighted by Crippen LogP contribution is -2.43. The van der Waals surface area contributed by atoms with Crippen molar-refractivity contribution in [2.24, 2.45) is 0 Å². The molecular formula is C8H12N2O4S. The topological polar surface area (TPSA) is 107 Å². The Kier molecular flexibility index (Phi) is 4.97. The molecule has 6 nitrogen and oxygen atoms in total. The quantitative estimate of drug-likeness (QED) is 0.619. The van der Waals surface area contributed by atoms with Gasteiger partial charge in [0, 0.05) is 0 Å². The second-order valence-electron chi connectivity index (χ2n) is 2.85. The summed E-state index contributed by atoms with van der Waals surface area (Å²) >= 11 is 0. The van der Waals surface area contributed by atoms with E-state index in [1.807, 2.05) is 4.72 Å². The van der Waals surface area contributed by atoms with Gasteiger partial charge >= 0.3 is 5.97 Å². The van der Waals surface area contributed by atoms with Crippen LogP contribution < -0.4 is 4.72 Å². The van der Waals surface area contributed by atoms with Crippen molar-refractivity contribution in [2.75, 3.05) is 0 Å². The maximum absolute atomic E-state index is 11.3. The summed E-state index contributed by atoms with van der Waals surface area (Å²) in [6.45, 7) is 4.49. The number of aliphatic carboxylic acids is 1. The normalized spacial score (nSPS) is 14.9. The van der Waals surface area contributed by atoms with Crippen LogP contribution in [0.4, 0.5) is 0 Å².